The first kappa shape index (κ1) is 23.1. The van der Waals surface area contributed by atoms with Gasteiger partial charge in [0, 0.05) is 41.4 Å². The lowest BCUT2D eigenvalue weighted by molar-refractivity contribution is -0.384. The fourth-order valence-corrected chi connectivity index (χ4v) is 4.53. The van der Waals surface area contributed by atoms with Crippen molar-refractivity contribution in [2.75, 3.05) is 12.4 Å². The van der Waals surface area contributed by atoms with Crippen molar-refractivity contribution in [3.8, 4) is 5.75 Å². The SMILES string of the molecule is COc1ccc(NC2=C(C(C)=O)[C@H](c3cccc([N+](=O)[O-])c3)[C@@H](C(C)=O)[C@](C)(O)C2)cc1. The molecule has 0 saturated heterocycles. The minimum absolute atomic E-state index is 0.0453. The van der Waals surface area contributed by atoms with Crippen molar-refractivity contribution in [2.24, 2.45) is 5.92 Å². The van der Waals surface area contributed by atoms with Crippen molar-refractivity contribution in [1.82, 2.24) is 0 Å². The molecule has 0 aliphatic heterocycles. The standard InChI is InChI=1S/C24H26N2O6/c1-14(27)21-20(25-17-8-10-19(32-4)11-9-17)13-24(3,29)23(15(2)28)22(21)16-6-5-7-18(12-16)26(30)31/h5-12,22-23,25,29H,13H2,1-4H3/t22-,23+,24+/m0/s1. The zero-order chi connectivity index (χ0) is 23.6. The van der Waals surface area contributed by atoms with Crippen LogP contribution in [0.5, 0.6) is 5.75 Å². The number of nitrogens with zero attached hydrogens (tertiary/aromatic N) is 1. The lowest BCUT2D eigenvalue weighted by Crippen LogP contribution is -2.48. The molecule has 1 aliphatic carbocycles. The first-order valence-electron chi connectivity index (χ1n) is 10.2. The highest BCUT2D eigenvalue weighted by molar-refractivity contribution is 5.98. The Labute approximate surface area is 186 Å². The summed E-state index contributed by atoms with van der Waals surface area (Å²) in [5.74, 6) is -1.69. The molecule has 2 aromatic carbocycles. The zero-order valence-electron chi connectivity index (χ0n) is 18.4. The number of carbonyl (C=O) groups excluding carboxylic acids is 2. The third-order valence-corrected chi connectivity index (χ3v) is 5.82. The van der Waals surface area contributed by atoms with Crippen molar-refractivity contribution in [3.05, 3.63) is 75.5 Å². The molecule has 0 bridgehead atoms. The highest BCUT2D eigenvalue weighted by atomic mass is 16.6. The molecule has 0 radical (unpaired) electrons. The van der Waals surface area contributed by atoms with Gasteiger partial charge in [-0.05, 0) is 50.6 Å². The molecule has 168 valence electrons. The number of carbonyl (C=O) groups is 2. The lowest BCUT2D eigenvalue weighted by atomic mass is 9.64. The Morgan fingerprint density at radius 2 is 1.84 bits per heavy atom. The summed E-state index contributed by atoms with van der Waals surface area (Å²) in [6.07, 6.45) is 0.0453. The number of aliphatic hydroxyl groups is 1. The van der Waals surface area contributed by atoms with Gasteiger partial charge in [0.25, 0.3) is 5.69 Å². The van der Waals surface area contributed by atoms with Gasteiger partial charge in [-0.15, -0.1) is 0 Å². The maximum atomic E-state index is 12.8. The van der Waals surface area contributed by atoms with E-state index in [2.05, 4.69) is 5.32 Å². The molecule has 0 spiro atoms. The fraction of sp³-hybridized carbons (Fsp3) is 0.333. The van der Waals surface area contributed by atoms with Crippen LogP contribution in [0.4, 0.5) is 11.4 Å². The van der Waals surface area contributed by atoms with Crippen LogP contribution in [0, 0.1) is 16.0 Å². The molecule has 3 atom stereocenters. The minimum atomic E-state index is -1.48. The van der Waals surface area contributed by atoms with Gasteiger partial charge < -0.3 is 15.2 Å². The smallest absolute Gasteiger partial charge is 0.269 e. The number of nitrogens with one attached hydrogen (secondary N) is 1. The molecular weight excluding hydrogens is 412 g/mol. The molecule has 0 unspecified atom stereocenters. The van der Waals surface area contributed by atoms with Crippen LogP contribution in [0.2, 0.25) is 0 Å². The summed E-state index contributed by atoms with van der Waals surface area (Å²) in [6, 6.07) is 12.9. The maximum absolute atomic E-state index is 12.8. The van der Waals surface area contributed by atoms with Gasteiger partial charge in [0.15, 0.2) is 5.78 Å². The number of ether oxygens (including phenoxy) is 1. The summed E-state index contributed by atoms with van der Waals surface area (Å²) in [5, 5.41) is 25.8. The van der Waals surface area contributed by atoms with Gasteiger partial charge in [-0.2, -0.15) is 0 Å². The van der Waals surface area contributed by atoms with Gasteiger partial charge in [0.05, 0.1) is 23.6 Å². The number of ketones is 2. The molecule has 0 fully saturated rings. The number of hydrogen-bond donors (Lipinski definition) is 2. The van der Waals surface area contributed by atoms with Crippen molar-refractivity contribution in [3.63, 3.8) is 0 Å². The van der Waals surface area contributed by atoms with Crippen LogP contribution in [0.3, 0.4) is 0 Å². The van der Waals surface area contributed by atoms with E-state index in [9.17, 15) is 24.8 Å². The van der Waals surface area contributed by atoms with Crippen molar-refractivity contribution in [1.29, 1.82) is 0 Å². The van der Waals surface area contributed by atoms with E-state index in [0.717, 1.165) is 0 Å². The zero-order valence-corrected chi connectivity index (χ0v) is 18.4. The quantitative estimate of drug-likeness (QED) is 0.495. The molecular formula is C24H26N2O6. The van der Waals surface area contributed by atoms with Crippen LogP contribution in [0.1, 0.15) is 38.7 Å². The maximum Gasteiger partial charge on any atom is 0.269 e. The van der Waals surface area contributed by atoms with Crippen LogP contribution >= 0.6 is 0 Å². The number of Topliss-reactive ketones (excluding diaryl/α,β-unsaturated/α-hetero) is 2. The third kappa shape index (κ3) is 4.55. The summed E-state index contributed by atoms with van der Waals surface area (Å²) < 4.78 is 5.17. The largest absolute Gasteiger partial charge is 0.497 e. The summed E-state index contributed by atoms with van der Waals surface area (Å²) in [6.45, 7) is 4.31. The second-order valence-corrected chi connectivity index (χ2v) is 8.25. The number of allylic oxidation sites excluding steroid dienone is 1. The number of nitro benzene ring substituents is 1. The molecule has 8 nitrogen and oxygen atoms in total. The number of hydrogen-bond acceptors (Lipinski definition) is 7. The highest BCUT2D eigenvalue weighted by Crippen LogP contribution is 2.48. The molecule has 0 heterocycles. The second-order valence-electron chi connectivity index (χ2n) is 8.25. The minimum Gasteiger partial charge on any atom is -0.497 e. The Kier molecular flexibility index (Phi) is 6.45. The molecule has 0 aromatic heterocycles. The number of nitro groups is 1. The average molecular weight is 438 g/mol. The van der Waals surface area contributed by atoms with Crippen LogP contribution in [-0.4, -0.2) is 34.3 Å². The first-order chi connectivity index (χ1) is 15.0. The molecule has 0 amide bonds. The number of methoxy groups -OCH3 is 1. The van der Waals surface area contributed by atoms with E-state index in [4.69, 9.17) is 4.74 Å². The molecule has 8 heteroatoms. The molecule has 32 heavy (non-hydrogen) atoms. The van der Waals surface area contributed by atoms with E-state index >= 15 is 0 Å². The number of non-ortho nitro benzene ring substituents is 1. The monoisotopic (exact) mass is 438 g/mol. The molecule has 1 aliphatic rings. The fourth-order valence-electron chi connectivity index (χ4n) is 4.53. The molecule has 3 rings (SSSR count). The summed E-state index contributed by atoms with van der Waals surface area (Å²) in [5.41, 5.74) is 0.278. The normalized spacial score (nSPS) is 22.9. The second kappa shape index (κ2) is 8.92. The van der Waals surface area contributed by atoms with Crippen LogP contribution in [-0.2, 0) is 9.59 Å². The molecule has 2 aromatic rings. The predicted molar refractivity (Wildman–Crippen MR) is 120 cm³/mol. The number of rotatable bonds is 7. The van der Waals surface area contributed by atoms with Gasteiger partial charge >= 0.3 is 0 Å². The Bertz CT molecular complexity index is 1090. The van der Waals surface area contributed by atoms with Crippen molar-refractivity contribution >= 4 is 22.9 Å². The molecule has 0 saturated carbocycles. The van der Waals surface area contributed by atoms with E-state index in [1.807, 2.05) is 0 Å². The lowest BCUT2D eigenvalue weighted by Gasteiger charge is -2.43. The average Bonchev–Trinajstić information content (AvgIpc) is 2.72. The van der Waals surface area contributed by atoms with Gasteiger partial charge in [-0.1, -0.05) is 12.1 Å². The summed E-state index contributed by atoms with van der Waals surface area (Å²) in [4.78, 5) is 36.3. The Morgan fingerprint density at radius 1 is 1.19 bits per heavy atom. The van der Waals surface area contributed by atoms with E-state index in [-0.39, 0.29) is 23.7 Å². The van der Waals surface area contributed by atoms with Gasteiger partial charge in [-0.25, -0.2) is 0 Å². The number of anilines is 1. The van der Waals surface area contributed by atoms with E-state index in [1.165, 1.54) is 32.0 Å². The summed E-state index contributed by atoms with van der Waals surface area (Å²) >= 11 is 0. The van der Waals surface area contributed by atoms with Crippen LogP contribution in [0.25, 0.3) is 0 Å². The van der Waals surface area contributed by atoms with Crippen LogP contribution < -0.4 is 10.1 Å². The van der Waals surface area contributed by atoms with E-state index in [0.29, 0.717) is 28.3 Å². The van der Waals surface area contributed by atoms with Crippen molar-refractivity contribution in [2.45, 2.75) is 38.7 Å². The van der Waals surface area contributed by atoms with E-state index in [1.54, 1.807) is 44.4 Å². The Hall–Kier alpha value is -3.52. The summed E-state index contributed by atoms with van der Waals surface area (Å²) in [7, 11) is 1.56. The Balaban J connectivity index is 2.20. The first-order valence-corrected chi connectivity index (χ1v) is 10.2. The van der Waals surface area contributed by atoms with E-state index < -0.39 is 22.4 Å². The van der Waals surface area contributed by atoms with Gasteiger partial charge in [0.2, 0.25) is 0 Å². The predicted octanol–water partition coefficient (Wildman–Crippen LogP) is 4.00. The Morgan fingerprint density at radius 3 is 2.38 bits per heavy atom. The highest BCUT2D eigenvalue weighted by Gasteiger charge is 2.49. The van der Waals surface area contributed by atoms with Gasteiger partial charge in [0.1, 0.15) is 11.5 Å². The topological polar surface area (TPSA) is 119 Å². The third-order valence-electron chi connectivity index (χ3n) is 5.82. The number of benzene rings is 2. The van der Waals surface area contributed by atoms with Crippen molar-refractivity contribution < 1.29 is 24.4 Å². The molecule has 2 N–H and O–H groups in total. The van der Waals surface area contributed by atoms with Crippen LogP contribution in [0.15, 0.2) is 59.8 Å². The van der Waals surface area contributed by atoms with Gasteiger partial charge in [-0.3, -0.25) is 19.7 Å².